The van der Waals surface area contributed by atoms with E-state index in [1.807, 2.05) is 12.1 Å². The molecule has 0 aliphatic carbocycles. The SMILES string of the molecule is O=C(CN1CCCc2ccccc2C1)c1ccccc1Cl. The highest BCUT2D eigenvalue weighted by Gasteiger charge is 2.18. The summed E-state index contributed by atoms with van der Waals surface area (Å²) in [6.45, 7) is 2.22. The number of ketones is 1. The molecule has 0 unspecified atom stereocenters. The summed E-state index contributed by atoms with van der Waals surface area (Å²) in [4.78, 5) is 14.7. The molecule has 2 aromatic carbocycles. The molecule has 0 bridgehead atoms. The minimum absolute atomic E-state index is 0.0972. The average Bonchev–Trinajstić information content (AvgIpc) is 2.69. The van der Waals surface area contributed by atoms with Crippen molar-refractivity contribution in [2.24, 2.45) is 0 Å². The molecule has 3 heteroatoms. The lowest BCUT2D eigenvalue weighted by atomic mass is 10.0. The van der Waals surface area contributed by atoms with Crippen LogP contribution in [0.25, 0.3) is 0 Å². The molecular formula is C18H18ClNO. The van der Waals surface area contributed by atoms with Crippen molar-refractivity contribution in [1.82, 2.24) is 4.90 Å². The molecule has 0 saturated heterocycles. The Balaban J connectivity index is 1.74. The molecule has 1 aliphatic heterocycles. The average molecular weight is 300 g/mol. The van der Waals surface area contributed by atoms with Gasteiger partial charge in [0.15, 0.2) is 5.78 Å². The predicted octanol–water partition coefficient (Wildman–Crippen LogP) is 3.97. The van der Waals surface area contributed by atoms with Crippen LogP contribution in [0.5, 0.6) is 0 Å². The van der Waals surface area contributed by atoms with E-state index >= 15 is 0 Å². The summed E-state index contributed by atoms with van der Waals surface area (Å²) in [7, 11) is 0. The first kappa shape index (κ1) is 14.3. The smallest absolute Gasteiger partial charge is 0.178 e. The molecule has 0 fully saturated rings. The van der Waals surface area contributed by atoms with Crippen LogP contribution in [0, 0.1) is 0 Å². The van der Waals surface area contributed by atoms with Crippen molar-refractivity contribution in [2.75, 3.05) is 13.1 Å². The number of rotatable bonds is 3. The molecule has 0 saturated carbocycles. The van der Waals surface area contributed by atoms with Crippen LogP contribution < -0.4 is 0 Å². The number of carbonyl (C=O) groups is 1. The second-order valence-electron chi connectivity index (χ2n) is 5.49. The number of hydrogen-bond acceptors (Lipinski definition) is 2. The Morgan fingerprint density at radius 1 is 1.05 bits per heavy atom. The summed E-state index contributed by atoms with van der Waals surface area (Å²) >= 11 is 6.11. The molecule has 0 amide bonds. The molecule has 0 atom stereocenters. The molecule has 0 radical (unpaired) electrons. The van der Waals surface area contributed by atoms with E-state index in [1.165, 1.54) is 11.1 Å². The normalized spacial score (nSPS) is 15.3. The first-order valence-electron chi connectivity index (χ1n) is 7.31. The van der Waals surface area contributed by atoms with Gasteiger partial charge in [0.05, 0.1) is 11.6 Å². The Bertz CT molecular complexity index is 653. The van der Waals surface area contributed by atoms with E-state index in [1.54, 1.807) is 12.1 Å². The Kier molecular flexibility index (Phi) is 4.37. The fraction of sp³-hybridized carbons (Fsp3) is 0.278. The van der Waals surface area contributed by atoms with Gasteiger partial charge in [-0.2, -0.15) is 0 Å². The first-order valence-corrected chi connectivity index (χ1v) is 7.69. The number of fused-ring (bicyclic) bond motifs is 1. The maximum absolute atomic E-state index is 12.4. The summed E-state index contributed by atoms with van der Waals surface area (Å²) in [5.74, 6) is 0.0972. The quantitative estimate of drug-likeness (QED) is 0.799. The minimum atomic E-state index is 0.0972. The minimum Gasteiger partial charge on any atom is -0.293 e. The van der Waals surface area contributed by atoms with Gasteiger partial charge in [-0.1, -0.05) is 48.0 Å². The van der Waals surface area contributed by atoms with Gasteiger partial charge in [0.25, 0.3) is 0 Å². The molecule has 0 N–H and O–H groups in total. The molecular weight excluding hydrogens is 282 g/mol. The van der Waals surface area contributed by atoms with E-state index in [-0.39, 0.29) is 5.78 Å². The van der Waals surface area contributed by atoms with Crippen LogP contribution >= 0.6 is 11.6 Å². The van der Waals surface area contributed by atoms with Gasteiger partial charge in [0.2, 0.25) is 0 Å². The monoisotopic (exact) mass is 299 g/mol. The fourth-order valence-electron chi connectivity index (χ4n) is 2.88. The lowest BCUT2D eigenvalue weighted by Crippen LogP contribution is -2.29. The zero-order chi connectivity index (χ0) is 14.7. The van der Waals surface area contributed by atoms with Crippen LogP contribution in [0.3, 0.4) is 0 Å². The maximum atomic E-state index is 12.4. The first-order chi connectivity index (χ1) is 10.2. The molecule has 0 spiro atoms. The standard InChI is InChI=1S/C18H18ClNO/c19-17-10-4-3-9-16(17)18(21)13-20-11-5-8-14-6-1-2-7-15(14)12-20/h1-4,6-7,9-10H,5,8,11-13H2. The van der Waals surface area contributed by atoms with Gasteiger partial charge in [-0.3, -0.25) is 9.69 Å². The molecule has 2 aromatic rings. The zero-order valence-corrected chi connectivity index (χ0v) is 12.6. The molecule has 21 heavy (non-hydrogen) atoms. The van der Waals surface area contributed by atoms with E-state index in [4.69, 9.17) is 11.6 Å². The number of aryl methyl sites for hydroxylation is 1. The zero-order valence-electron chi connectivity index (χ0n) is 11.9. The van der Waals surface area contributed by atoms with Crippen molar-refractivity contribution in [3.8, 4) is 0 Å². The molecule has 2 nitrogen and oxygen atoms in total. The van der Waals surface area contributed by atoms with Crippen molar-refractivity contribution >= 4 is 17.4 Å². The van der Waals surface area contributed by atoms with E-state index in [0.29, 0.717) is 17.1 Å². The largest absolute Gasteiger partial charge is 0.293 e. The number of halogens is 1. The van der Waals surface area contributed by atoms with Crippen LogP contribution in [-0.4, -0.2) is 23.8 Å². The Morgan fingerprint density at radius 3 is 2.57 bits per heavy atom. The van der Waals surface area contributed by atoms with Gasteiger partial charge in [-0.15, -0.1) is 0 Å². The summed E-state index contributed by atoms with van der Waals surface area (Å²) < 4.78 is 0. The van der Waals surface area contributed by atoms with Crippen molar-refractivity contribution < 1.29 is 4.79 Å². The van der Waals surface area contributed by atoms with Crippen LogP contribution in [0.4, 0.5) is 0 Å². The van der Waals surface area contributed by atoms with E-state index in [2.05, 4.69) is 29.2 Å². The summed E-state index contributed by atoms with van der Waals surface area (Å²) in [6, 6.07) is 15.8. The summed E-state index contributed by atoms with van der Waals surface area (Å²) in [5, 5.41) is 0.540. The number of nitrogens with zero attached hydrogens (tertiary/aromatic N) is 1. The highest BCUT2D eigenvalue weighted by atomic mass is 35.5. The third-order valence-corrected chi connectivity index (χ3v) is 4.30. The number of hydrogen-bond donors (Lipinski definition) is 0. The van der Waals surface area contributed by atoms with Crippen LogP contribution in [-0.2, 0) is 13.0 Å². The van der Waals surface area contributed by atoms with Crippen molar-refractivity contribution in [3.05, 3.63) is 70.2 Å². The Hall–Kier alpha value is -1.64. The second-order valence-corrected chi connectivity index (χ2v) is 5.89. The molecule has 1 aliphatic rings. The third-order valence-electron chi connectivity index (χ3n) is 3.97. The van der Waals surface area contributed by atoms with Gasteiger partial charge in [-0.25, -0.2) is 0 Å². The van der Waals surface area contributed by atoms with Gasteiger partial charge in [0, 0.05) is 12.1 Å². The van der Waals surface area contributed by atoms with Gasteiger partial charge in [0.1, 0.15) is 0 Å². The van der Waals surface area contributed by atoms with Gasteiger partial charge >= 0.3 is 0 Å². The summed E-state index contributed by atoms with van der Waals surface area (Å²) in [6.07, 6.45) is 2.18. The maximum Gasteiger partial charge on any atom is 0.178 e. The second kappa shape index (κ2) is 6.42. The third kappa shape index (κ3) is 3.34. The lowest BCUT2D eigenvalue weighted by molar-refractivity contribution is 0.0927. The Morgan fingerprint density at radius 2 is 1.76 bits per heavy atom. The highest BCUT2D eigenvalue weighted by Crippen LogP contribution is 2.20. The van der Waals surface area contributed by atoms with Gasteiger partial charge in [-0.05, 0) is 42.6 Å². The van der Waals surface area contributed by atoms with Crippen LogP contribution in [0.15, 0.2) is 48.5 Å². The van der Waals surface area contributed by atoms with E-state index < -0.39 is 0 Å². The van der Waals surface area contributed by atoms with E-state index in [0.717, 1.165) is 25.9 Å². The van der Waals surface area contributed by atoms with Crippen molar-refractivity contribution in [3.63, 3.8) is 0 Å². The summed E-state index contributed by atoms with van der Waals surface area (Å²) in [5.41, 5.74) is 3.36. The van der Waals surface area contributed by atoms with Gasteiger partial charge < -0.3 is 0 Å². The molecule has 3 rings (SSSR count). The molecule has 108 valence electrons. The van der Waals surface area contributed by atoms with Crippen LogP contribution in [0.2, 0.25) is 5.02 Å². The fourth-order valence-corrected chi connectivity index (χ4v) is 3.12. The number of Topliss-reactive ketones (excluding diaryl/α,β-unsaturated/α-hetero) is 1. The Labute approximate surface area is 130 Å². The van der Waals surface area contributed by atoms with Crippen molar-refractivity contribution in [1.29, 1.82) is 0 Å². The predicted molar refractivity (Wildman–Crippen MR) is 85.8 cm³/mol. The van der Waals surface area contributed by atoms with E-state index in [9.17, 15) is 4.79 Å². The molecule has 1 heterocycles. The van der Waals surface area contributed by atoms with Crippen molar-refractivity contribution in [2.45, 2.75) is 19.4 Å². The number of carbonyl (C=O) groups excluding carboxylic acids is 1. The highest BCUT2D eigenvalue weighted by molar-refractivity contribution is 6.34. The van der Waals surface area contributed by atoms with Crippen LogP contribution in [0.1, 0.15) is 27.9 Å². The lowest BCUT2D eigenvalue weighted by Gasteiger charge is -2.19. The number of benzene rings is 2. The topological polar surface area (TPSA) is 20.3 Å². The molecule has 0 aromatic heterocycles.